The van der Waals surface area contributed by atoms with E-state index in [4.69, 9.17) is 9.47 Å². The average Bonchev–Trinajstić information content (AvgIpc) is 2.88. The highest BCUT2D eigenvalue weighted by Gasteiger charge is 2.12. The van der Waals surface area contributed by atoms with E-state index in [0.29, 0.717) is 11.5 Å². The van der Waals surface area contributed by atoms with E-state index in [0.717, 1.165) is 22.8 Å². The zero-order valence-corrected chi connectivity index (χ0v) is 15.0. The molecule has 1 N–H and O–H groups in total. The smallest absolute Gasteiger partial charge is 0.262 e. The maximum atomic E-state index is 12.1. The van der Waals surface area contributed by atoms with Crippen molar-refractivity contribution in [3.8, 4) is 17.2 Å². The molecule has 1 amide bonds. The molecule has 0 bridgehead atoms. The Labute approximate surface area is 152 Å². The molecule has 6 heteroatoms. The number of amides is 1. The third-order valence-electron chi connectivity index (χ3n) is 3.95. The van der Waals surface area contributed by atoms with Crippen LogP contribution in [0.3, 0.4) is 0 Å². The molecule has 0 saturated carbocycles. The van der Waals surface area contributed by atoms with Gasteiger partial charge in [-0.05, 0) is 50.2 Å². The van der Waals surface area contributed by atoms with Crippen LogP contribution in [0.1, 0.15) is 11.4 Å². The quantitative estimate of drug-likeness (QED) is 0.733. The van der Waals surface area contributed by atoms with E-state index in [1.807, 2.05) is 51.2 Å². The van der Waals surface area contributed by atoms with Crippen LogP contribution in [0, 0.1) is 13.8 Å². The van der Waals surface area contributed by atoms with Gasteiger partial charge in [-0.15, -0.1) is 0 Å². The molecule has 0 aliphatic carbocycles. The second-order valence-electron chi connectivity index (χ2n) is 5.89. The van der Waals surface area contributed by atoms with Gasteiger partial charge in [-0.3, -0.25) is 9.48 Å². The topological polar surface area (TPSA) is 65.4 Å². The molecule has 2 aromatic carbocycles. The van der Waals surface area contributed by atoms with Crippen molar-refractivity contribution < 1.29 is 14.3 Å². The van der Waals surface area contributed by atoms with Gasteiger partial charge < -0.3 is 14.8 Å². The number of carbonyl (C=O) groups is 1. The van der Waals surface area contributed by atoms with Crippen LogP contribution in [0.4, 0.5) is 5.69 Å². The second-order valence-corrected chi connectivity index (χ2v) is 5.89. The Balaban J connectivity index is 1.53. The molecule has 0 fully saturated rings. The number of nitrogens with zero attached hydrogens (tertiary/aromatic N) is 2. The highest BCUT2D eigenvalue weighted by molar-refractivity contribution is 5.93. The minimum Gasteiger partial charge on any atom is -0.484 e. The molecule has 3 rings (SSSR count). The Morgan fingerprint density at radius 1 is 1.00 bits per heavy atom. The van der Waals surface area contributed by atoms with E-state index < -0.39 is 0 Å². The molecule has 0 radical (unpaired) electrons. The highest BCUT2D eigenvalue weighted by Crippen LogP contribution is 2.23. The van der Waals surface area contributed by atoms with Gasteiger partial charge in [0.05, 0.1) is 17.1 Å². The molecule has 1 aromatic heterocycles. The number of para-hydroxylation sites is 1. The highest BCUT2D eigenvalue weighted by atomic mass is 16.5. The molecule has 134 valence electrons. The summed E-state index contributed by atoms with van der Waals surface area (Å²) < 4.78 is 13.0. The SMILES string of the molecule is Cc1nn(C)c(C)c1NC(=O)COc1ccc(Oc2ccccc2)cc1. The molecule has 0 atom stereocenters. The fraction of sp³-hybridized carbons (Fsp3) is 0.200. The molecule has 0 spiro atoms. The number of aryl methyl sites for hydroxylation is 2. The number of rotatable bonds is 6. The normalized spacial score (nSPS) is 10.4. The molecular formula is C20H21N3O3. The fourth-order valence-corrected chi connectivity index (χ4v) is 2.51. The summed E-state index contributed by atoms with van der Waals surface area (Å²) in [5.41, 5.74) is 2.41. The van der Waals surface area contributed by atoms with Gasteiger partial charge in [0.1, 0.15) is 17.2 Å². The lowest BCUT2D eigenvalue weighted by molar-refractivity contribution is -0.118. The zero-order valence-electron chi connectivity index (χ0n) is 15.0. The molecular weight excluding hydrogens is 330 g/mol. The van der Waals surface area contributed by atoms with E-state index >= 15 is 0 Å². The summed E-state index contributed by atoms with van der Waals surface area (Å²) in [6, 6.07) is 16.7. The molecule has 6 nitrogen and oxygen atoms in total. The summed E-state index contributed by atoms with van der Waals surface area (Å²) >= 11 is 0. The summed E-state index contributed by atoms with van der Waals surface area (Å²) in [5, 5.41) is 7.11. The van der Waals surface area contributed by atoms with Crippen LogP contribution in [-0.4, -0.2) is 22.3 Å². The Hall–Kier alpha value is -3.28. The second kappa shape index (κ2) is 7.74. The van der Waals surface area contributed by atoms with E-state index in [2.05, 4.69) is 10.4 Å². The first kappa shape index (κ1) is 17.5. The molecule has 1 heterocycles. The predicted octanol–water partition coefficient (Wildman–Crippen LogP) is 3.85. The van der Waals surface area contributed by atoms with Crippen LogP contribution in [0.15, 0.2) is 54.6 Å². The lowest BCUT2D eigenvalue weighted by Gasteiger charge is -2.09. The summed E-state index contributed by atoms with van der Waals surface area (Å²) in [5.74, 6) is 1.84. The van der Waals surface area contributed by atoms with E-state index in [1.165, 1.54) is 0 Å². The van der Waals surface area contributed by atoms with Crippen molar-refractivity contribution in [2.45, 2.75) is 13.8 Å². The number of hydrogen-bond donors (Lipinski definition) is 1. The fourth-order valence-electron chi connectivity index (χ4n) is 2.51. The minimum absolute atomic E-state index is 0.0767. The van der Waals surface area contributed by atoms with Gasteiger partial charge in [-0.25, -0.2) is 0 Å². The predicted molar refractivity (Wildman–Crippen MR) is 99.8 cm³/mol. The van der Waals surface area contributed by atoms with Crippen LogP contribution >= 0.6 is 0 Å². The van der Waals surface area contributed by atoms with Gasteiger partial charge in [-0.1, -0.05) is 18.2 Å². The molecule has 0 saturated heterocycles. The van der Waals surface area contributed by atoms with Gasteiger partial charge in [0, 0.05) is 7.05 Å². The standard InChI is InChI=1S/C20H21N3O3/c1-14-20(15(2)23(3)22-14)21-19(24)13-25-16-9-11-18(12-10-16)26-17-7-5-4-6-8-17/h4-12H,13H2,1-3H3,(H,21,24). The summed E-state index contributed by atoms with van der Waals surface area (Å²) in [4.78, 5) is 12.1. The number of ether oxygens (including phenoxy) is 2. The largest absolute Gasteiger partial charge is 0.484 e. The number of aromatic nitrogens is 2. The van der Waals surface area contributed by atoms with Crippen molar-refractivity contribution in [1.29, 1.82) is 0 Å². The van der Waals surface area contributed by atoms with Crippen molar-refractivity contribution >= 4 is 11.6 Å². The van der Waals surface area contributed by atoms with E-state index in [1.54, 1.807) is 28.9 Å². The van der Waals surface area contributed by atoms with Crippen LogP contribution in [0.2, 0.25) is 0 Å². The van der Waals surface area contributed by atoms with E-state index in [9.17, 15) is 4.79 Å². The zero-order chi connectivity index (χ0) is 18.5. The number of carbonyl (C=O) groups excluding carboxylic acids is 1. The Morgan fingerprint density at radius 2 is 1.62 bits per heavy atom. The Kier molecular flexibility index (Phi) is 5.22. The summed E-state index contributed by atoms with van der Waals surface area (Å²) in [6.45, 7) is 3.68. The number of hydrogen-bond acceptors (Lipinski definition) is 4. The van der Waals surface area contributed by atoms with Gasteiger partial charge in [0.2, 0.25) is 0 Å². The number of nitrogens with one attached hydrogen (secondary N) is 1. The molecule has 0 aliphatic heterocycles. The average molecular weight is 351 g/mol. The van der Waals surface area contributed by atoms with Crippen molar-refractivity contribution in [2.75, 3.05) is 11.9 Å². The van der Waals surface area contributed by atoms with Gasteiger partial charge in [0.25, 0.3) is 5.91 Å². The van der Waals surface area contributed by atoms with E-state index in [-0.39, 0.29) is 12.5 Å². The van der Waals surface area contributed by atoms with Crippen LogP contribution in [0.5, 0.6) is 17.2 Å². The monoisotopic (exact) mass is 351 g/mol. The summed E-state index contributed by atoms with van der Waals surface area (Å²) in [7, 11) is 1.84. The molecule has 0 aliphatic rings. The Bertz CT molecular complexity index is 887. The maximum absolute atomic E-state index is 12.1. The lowest BCUT2D eigenvalue weighted by Crippen LogP contribution is -2.20. The van der Waals surface area contributed by atoms with Gasteiger partial charge in [-0.2, -0.15) is 5.10 Å². The number of anilines is 1. The molecule has 3 aromatic rings. The first-order valence-corrected chi connectivity index (χ1v) is 8.29. The van der Waals surface area contributed by atoms with Crippen molar-refractivity contribution in [2.24, 2.45) is 7.05 Å². The molecule has 0 unspecified atom stereocenters. The van der Waals surface area contributed by atoms with Crippen molar-refractivity contribution in [3.63, 3.8) is 0 Å². The van der Waals surface area contributed by atoms with Crippen LogP contribution in [-0.2, 0) is 11.8 Å². The molecule has 26 heavy (non-hydrogen) atoms. The lowest BCUT2D eigenvalue weighted by atomic mass is 10.3. The van der Waals surface area contributed by atoms with Crippen molar-refractivity contribution in [3.05, 3.63) is 66.0 Å². The summed E-state index contributed by atoms with van der Waals surface area (Å²) in [6.07, 6.45) is 0. The Morgan fingerprint density at radius 3 is 2.23 bits per heavy atom. The minimum atomic E-state index is -0.228. The van der Waals surface area contributed by atoms with Crippen LogP contribution < -0.4 is 14.8 Å². The number of benzene rings is 2. The van der Waals surface area contributed by atoms with Crippen molar-refractivity contribution in [1.82, 2.24) is 9.78 Å². The third kappa shape index (κ3) is 4.22. The third-order valence-corrected chi connectivity index (χ3v) is 3.95. The van der Waals surface area contributed by atoms with Crippen LogP contribution in [0.25, 0.3) is 0 Å². The maximum Gasteiger partial charge on any atom is 0.262 e. The van der Waals surface area contributed by atoms with Gasteiger partial charge >= 0.3 is 0 Å². The first-order valence-electron chi connectivity index (χ1n) is 8.29. The first-order chi connectivity index (χ1) is 12.5. The van der Waals surface area contributed by atoms with Gasteiger partial charge in [0.15, 0.2) is 6.61 Å².